The van der Waals surface area contributed by atoms with Gasteiger partial charge in [0, 0.05) is 26.7 Å². The third kappa shape index (κ3) is 5.32. The van der Waals surface area contributed by atoms with Crippen LogP contribution < -0.4 is 10.2 Å². The molecular formula is C13H23BrN4O. The van der Waals surface area contributed by atoms with Gasteiger partial charge in [0.25, 0.3) is 0 Å². The molecule has 1 aromatic rings. The van der Waals surface area contributed by atoms with Crippen molar-refractivity contribution < 1.29 is 5.11 Å². The van der Waals surface area contributed by atoms with Crippen LogP contribution in [-0.2, 0) is 0 Å². The second kappa shape index (κ2) is 9.09. The zero-order valence-electron chi connectivity index (χ0n) is 11.7. The molecule has 0 amide bonds. The molecule has 6 heteroatoms. The number of aliphatic hydroxyl groups is 1. The summed E-state index contributed by atoms with van der Waals surface area (Å²) in [6.45, 7) is 4.21. The van der Waals surface area contributed by atoms with E-state index in [-0.39, 0.29) is 6.61 Å². The Morgan fingerprint density at radius 1 is 1.32 bits per heavy atom. The average Bonchev–Trinajstić information content (AvgIpc) is 2.42. The molecular weight excluding hydrogens is 308 g/mol. The fourth-order valence-corrected chi connectivity index (χ4v) is 2.38. The van der Waals surface area contributed by atoms with Crippen LogP contribution in [0.25, 0.3) is 0 Å². The van der Waals surface area contributed by atoms with E-state index in [9.17, 15) is 0 Å². The lowest BCUT2D eigenvalue weighted by Gasteiger charge is -2.20. The fourth-order valence-electron chi connectivity index (χ4n) is 1.74. The number of unbranched alkanes of at least 4 members (excludes halogenated alkanes) is 2. The zero-order valence-corrected chi connectivity index (χ0v) is 13.3. The van der Waals surface area contributed by atoms with Crippen LogP contribution in [0, 0.1) is 0 Å². The van der Waals surface area contributed by atoms with E-state index < -0.39 is 0 Å². The fraction of sp³-hybridized carbons (Fsp3) is 0.692. The molecule has 0 radical (unpaired) electrons. The molecule has 0 atom stereocenters. The van der Waals surface area contributed by atoms with Crippen LogP contribution in [0.1, 0.15) is 32.6 Å². The molecule has 2 N–H and O–H groups in total. The van der Waals surface area contributed by atoms with Gasteiger partial charge in [-0.25, -0.2) is 9.97 Å². The third-order valence-electron chi connectivity index (χ3n) is 2.83. The summed E-state index contributed by atoms with van der Waals surface area (Å²) < 4.78 is 0.910. The Balaban J connectivity index is 2.60. The van der Waals surface area contributed by atoms with E-state index in [1.165, 1.54) is 0 Å². The first-order chi connectivity index (χ1) is 9.20. The Hall–Kier alpha value is -0.880. The van der Waals surface area contributed by atoms with Gasteiger partial charge in [-0.2, -0.15) is 0 Å². The van der Waals surface area contributed by atoms with E-state index in [0.29, 0.717) is 0 Å². The van der Waals surface area contributed by atoms with Crippen molar-refractivity contribution in [2.45, 2.75) is 32.6 Å². The third-order valence-corrected chi connectivity index (χ3v) is 3.56. The van der Waals surface area contributed by atoms with Crippen LogP contribution in [0.2, 0.25) is 0 Å². The molecule has 0 fully saturated rings. The number of nitrogens with one attached hydrogen (secondary N) is 1. The van der Waals surface area contributed by atoms with E-state index in [1.807, 2.05) is 7.05 Å². The molecule has 19 heavy (non-hydrogen) atoms. The molecule has 0 aliphatic rings. The zero-order chi connectivity index (χ0) is 14.1. The minimum atomic E-state index is 0.270. The van der Waals surface area contributed by atoms with E-state index in [4.69, 9.17) is 5.11 Å². The summed E-state index contributed by atoms with van der Waals surface area (Å²) in [6, 6.07) is 0. The van der Waals surface area contributed by atoms with Crippen molar-refractivity contribution in [1.82, 2.24) is 9.97 Å². The molecule has 0 saturated carbocycles. The summed E-state index contributed by atoms with van der Waals surface area (Å²) in [7, 11) is 2.02. The first kappa shape index (κ1) is 16.2. The highest BCUT2D eigenvalue weighted by molar-refractivity contribution is 9.10. The molecule has 1 rings (SSSR count). The summed E-state index contributed by atoms with van der Waals surface area (Å²) in [5.74, 6) is 1.74. The maximum Gasteiger partial charge on any atom is 0.148 e. The minimum Gasteiger partial charge on any atom is -0.396 e. The van der Waals surface area contributed by atoms with Gasteiger partial charge in [-0.15, -0.1) is 0 Å². The first-order valence-corrected chi connectivity index (χ1v) is 7.56. The quantitative estimate of drug-likeness (QED) is 0.681. The van der Waals surface area contributed by atoms with Gasteiger partial charge in [-0.1, -0.05) is 6.92 Å². The normalized spacial score (nSPS) is 10.5. The summed E-state index contributed by atoms with van der Waals surface area (Å²) in [5, 5.41) is 12.0. The van der Waals surface area contributed by atoms with Crippen LogP contribution in [-0.4, -0.2) is 41.8 Å². The van der Waals surface area contributed by atoms with Gasteiger partial charge in [0.1, 0.15) is 22.4 Å². The minimum absolute atomic E-state index is 0.270. The van der Waals surface area contributed by atoms with Crippen molar-refractivity contribution in [2.75, 3.05) is 37.0 Å². The van der Waals surface area contributed by atoms with Gasteiger partial charge in [0.05, 0.1) is 0 Å². The highest BCUT2D eigenvalue weighted by Crippen LogP contribution is 2.28. The molecule has 1 heterocycles. The molecule has 5 nitrogen and oxygen atoms in total. The van der Waals surface area contributed by atoms with Crippen LogP contribution in [0.3, 0.4) is 0 Å². The van der Waals surface area contributed by atoms with E-state index in [1.54, 1.807) is 6.33 Å². The highest BCUT2D eigenvalue weighted by Gasteiger charge is 2.11. The standard InChI is InChI=1S/C13H23BrN4O/c1-3-7-15-12-11(14)13(17-10-16-12)18(2)8-5-4-6-9-19/h10,19H,3-9H2,1-2H3,(H,15,16,17). The number of hydrogen-bond acceptors (Lipinski definition) is 5. The number of hydrogen-bond donors (Lipinski definition) is 2. The second-order valence-corrected chi connectivity index (χ2v) is 5.29. The van der Waals surface area contributed by atoms with Crippen molar-refractivity contribution in [3.05, 3.63) is 10.8 Å². The molecule has 0 unspecified atom stereocenters. The first-order valence-electron chi connectivity index (χ1n) is 6.77. The molecule has 0 aliphatic carbocycles. The SMILES string of the molecule is CCCNc1ncnc(N(C)CCCCCO)c1Br. The largest absolute Gasteiger partial charge is 0.396 e. The Morgan fingerprint density at radius 2 is 2.11 bits per heavy atom. The Bertz CT molecular complexity index is 376. The van der Waals surface area contributed by atoms with Crippen LogP contribution in [0.5, 0.6) is 0 Å². The van der Waals surface area contributed by atoms with Crippen LogP contribution >= 0.6 is 15.9 Å². The molecule has 0 spiro atoms. The Kier molecular flexibility index (Phi) is 7.74. The van der Waals surface area contributed by atoms with Gasteiger partial charge in [-0.3, -0.25) is 0 Å². The summed E-state index contributed by atoms with van der Waals surface area (Å²) in [5.41, 5.74) is 0. The maximum absolute atomic E-state index is 8.76. The van der Waals surface area contributed by atoms with Crippen molar-refractivity contribution in [3.8, 4) is 0 Å². The van der Waals surface area contributed by atoms with E-state index in [2.05, 4.69) is 43.0 Å². The monoisotopic (exact) mass is 330 g/mol. The second-order valence-electron chi connectivity index (χ2n) is 4.49. The number of rotatable bonds is 9. The lowest BCUT2D eigenvalue weighted by Crippen LogP contribution is -2.21. The van der Waals surface area contributed by atoms with Gasteiger partial charge >= 0.3 is 0 Å². The maximum atomic E-state index is 8.76. The molecule has 108 valence electrons. The Labute approximate surface area is 123 Å². The Morgan fingerprint density at radius 3 is 2.79 bits per heavy atom. The lowest BCUT2D eigenvalue weighted by molar-refractivity contribution is 0.283. The predicted octanol–water partition coefficient (Wildman–Crippen LogP) is 2.66. The van der Waals surface area contributed by atoms with Crippen molar-refractivity contribution in [1.29, 1.82) is 0 Å². The summed E-state index contributed by atoms with van der Waals surface area (Å²) >= 11 is 3.57. The van der Waals surface area contributed by atoms with Gasteiger partial charge < -0.3 is 15.3 Å². The number of halogens is 1. The van der Waals surface area contributed by atoms with Crippen molar-refractivity contribution in [2.24, 2.45) is 0 Å². The predicted molar refractivity (Wildman–Crippen MR) is 82.7 cm³/mol. The molecule has 1 aromatic heterocycles. The highest BCUT2D eigenvalue weighted by atomic mass is 79.9. The summed E-state index contributed by atoms with van der Waals surface area (Å²) in [4.78, 5) is 10.7. The van der Waals surface area contributed by atoms with Gasteiger partial charge in [0.2, 0.25) is 0 Å². The van der Waals surface area contributed by atoms with E-state index in [0.717, 1.165) is 54.9 Å². The van der Waals surface area contributed by atoms with Gasteiger partial charge in [-0.05, 0) is 41.6 Å². The smallest absolute Gasteiger partial charge is 0.148 e. The summed E-state index contributed by atoms with van der Waals surface area (Å²) in [6.07, 6.45) is 5.59. The lowest BCUT2D eigenvalue weighted by atomic mass is 10.2. The van der Waals surface area contributed by atoms with Crippen molar-refractivity contribution >= 4 is 27.6 Å². The molecule has 0 aliphatic heterocycles. The molecule has 0 aromatic carbocycles. The average molecular weight is 331 g/mol. The van der Waals surface area contributed by atoms with Crippen LogP contribution in [0.15, 0.2) is 10.8 Å². The number of anilines is 2. The molecule has 0 bridgehead atoms. The molecule has 0 saturated heterocycles. The van der Waals surface area contributed by atoms with Gasteiger partial charge in [0.15, 0.2) is 0 Å². The topological polar surface area (TPSA) is 61.3 Å². The number of aliphatic hydroxyl groups excluding tert-OH is 1. The van der Waals surface area contributed by atoms with Crippen molar-refractivity contribution in [3.63, 3.8) is 0 Å². The number of nitrogens with zero attached hydrogens (tertiary/aromatic N) is 3. The van der Waals surface area contributed by atoms with Crippen LogP contribution in [0.4, 0.5) is 11.6 Å². The number of aromatic nitrogens is 2. The van der Waals surface area contributed by atoms with E-state index >= 15 is 0 Å².